The summed E-state index contributed by atoms with van der Waals surface area (Å²) in [6.07, 6.45) is 0. The summed E-state index contributed by atoms with van der Waals surface area (Å²) in [5.74, 6) is -0.161. The molecule has 2 atom stereocenters. The predicted molar refractivity (Wildman–Crippen MR) is 128 cm³/mol. The van der Waals surface area contributed by atoms with Gasteiger partial charge in [-0.2, -0.15) is 0 Å². The van der Waals surface area contributed by atoms with Crippen molar-refractivity contribution in [2.24, 2.45) is 10.9 Å². The lowest BCUT2D eigenvalue weighted by Gasteiger charge is -2.30. The minimum atomic E-state index is -0.762. The first-order chi connectivity index (χ1) is 16.5. The topological polar surface area (TPSA) is 86.2 Å². The van der Waals surface area contributed by atoms with Crippen LogP contribution in [0.2, 0.25) is 0 Å². The zero-order valence-electron chi connectivity index (χ0n) is 19.1. The van der Waals surface area contributed by atoms with Gasteiger partial charge in [-0.15, -0.1) is 0 Å². The van der Waals surface area contributed by atoms with Crippen LogP contribution >= 0.6 is 0 Å². The van der Waals surface area contributed by atoms with Crippen molar-refractivity contribution in [1.29, 1.82) is 0 Å². The number of nitrogens with zero attached hydrogens (tertiary/aromatic N) is 1. The standard InChI is InChI=1S/C27H26N2O5/c1-18-24(26(30)34-17-20-11-7-4-8-12-20)25(29-27(31)28-18)21-13-14-22(23(15-21)32-2)33-16-19-9-5-3-6-10-19/h3-15,24-25H,16-17H2,1-2H3,(H,29,31). The van der Waals surface area contributed by atoms with E-state index in [2.05, 4.69) is 10.3 Å². The molecule has 1 N–H and O–H groups in total. The lowest BCUT2D eigenvalue weighted by Crippen LogP contribution is -2.44. The summed E-state index contributed by atoms with van der Waals surface area (Å²) in [4.78, 5) is 29.2. The normalized spacial score (nSPS) is 17.4. The molecule has 0 bridgehead atoms. The molecule has 0 radical (unpaired) electrons. The highest BCUT2D eigenvalue weighted by atomic mass is 16.5. The molecule has 4 rings (SSSR count). The molecule has 1 aliphatic heterocycles. The number of hydrogen-bond donors (Lipinski definition) is 1. The Balaban J connectivity index is 1.54. The van der Waals surface area contributed by atoms with Gasteiger partial charge in [-0.3, -0.25) is 4.79 Å². The summed E-state index contributed by atoms with van der Waals surface area (Å²) in [5.41, 5.74) is 2.99. The maximum Gasteiger partial charge on any atom is 0.341 e. The van der Waals surface area contributed by atoms with Crippen LogP contribution in [0.1, 0.15) is 29.7 Å². The van der Waals surface area contributed by atoms with Gasteiger partial charge in [-0.1, -0.05) is 66.7 Å². The van der Waals surface area contributed by atoms with Crippen LogP contribution in [0.5, 0.6) is 11.5 Å². The fraction of sp³-hybridized carbons (Fsp3) is 0.222. The van der Waals surface area contributed by atoms with E-state index in [0.29, 0.717) is 29.4 Å². The second-order valence-electron chi connectivity index (χ2n) is 7.94. The highest BCUT2D eigenvalue weighted by Gasteiger charge is 2.38. The average molecular weight is 459 g/mol. The van der Waals surface area contributed by atoms with Crippen molar-refractivity contribution in [3.05, 3.63) is 95.6 Å². The third-order valence-corrected chi connectivity index (χ3v) is 5.60. The van der Waals surface area contributed by atoms with E-state index < -0.39 is 24.0 Å². The summed E-state index contributed by atoms with van der Waals surface area (Å²) >= 11 is 0. The van der Waals surface area contributed by atoms with Gasteiger partial charge in [0.25, 0.3) is 0 Å². The second kappa shape index (κ2) is 10.7. The quantitative estimate of drug-likeness (QED) is 0.487. The summed E-state index contributed by atoms with van der Waals surface area (Å²) < 4.78 is 17.0. The molecule has 0 aromatic heterocycles. The highest BCUT2D eigenvalue weighted by Crippen LogP contribution is 2.35. The van der Waals surface area contributed by atoms with Crippen molar-refractivity contribution in [3.63, 3.8) is 0 Å². The molecule has 3 aromatic carbocycles. The maximum absolute atomic E-state index is 13.0. The Morgan fingerprint density at radius 3 is 2.21 bits per heavy atom. The van der Waals surface area contributed by atoms with Crippen LogP contribution in [0.4, 0.5) is 4.79 Å². The van der Waals surface area contributed by atoms with Crippen LogP contribution < -0.4 is 14.8 Å². The minimum absolute atomic E-state index is 0.139. The van der Waals surface area contributed by atoms with Gasteiger partial charge in [-0.05, 0) is 35.7 Å². The first-order valence-electron chi connectivity index (χ1n) is 11.0. The van der Waals surface area contributed by atoms with E-state index in [1.54, 1.807) is 26.2 Å². The van der Waals surface area contributed by atoms with Gasteiger partial charge in [0.15, 0.2) is 11.5 Å². The Labute approximate surface area is 198 Å². The van der Waals surface area contributed by atoms with E-state index in [9.17, 15) is 9.59 Å². The number of nitrogens with one attached hydrogen (secondary N) is 1. The molecule has 0 fully saturated rings. The van der Waals surface area contributed by atoms with Crippen molar-refractivity contribution >= 4 is 17.7 Å². The number of ether oxygens (including phenoxy) is 3. The molecule has 0 spiro atoms. The Kier molecular flexibility index (Phi) is 7.22. The second-order valence-corrected chi connectivity index (χ2v) is 7.94. The molecule has 2 unspecified atom stereocenters. The van der Waals surface area contributed by atoms with Gasteiger partial charge in [0.2, 0.25) is 0 Å². The number of aliphatic imine (C=N–C) groups is 1. The van der Waals surface area contributed by atoms with Crippen molar-refractivity contribution in [3.8, 4) is 11.5 Å². The number of methoxy groups -OCH3 is 1. The first kappa shape index (κ1) is 23.0. The largest absolute Gasteiger partial charge is 0.493 e. The zero-order chi connectivity index (χ0) is 23.9. The molecular weight excluding hydrogens is 432 g/mol. The van der Waals surface area contributed by atoms with Crippen LogP contribution in [0.15, 0.2) is 83.9 Å². The number of urea groups is 1. The number of carbonyl (C=O) groups is 2. The molecule has 1 heterocycles. The summed E-state index contributed by atoms with van der Waals surface area (Å²) in [6, 6.07) is 23.4. The van der Waals surface area contributed by atoms with Crippen LogP contribution in [0, 0.1) is 5.92 Å². The van der Waals surface area contributed by atoms with Crippen molar-refractivity contribution in [1.82, 2.24) is 5.32 Å². The third-order valence-electron chi connectivity index (χ3n) is 5.60. The van der Waals surface area contributed by atoms with Gasteiger partial charge in [-0.25, -0.2) is 9.79 Å². The van der Waals surface area contributed by atoms with E-state index in [0.717, 1.165) is 11.1 Å². The lowest BCUT2D eigenvalue weighted by molar-refractivity contribution is -0.148. The van der Waals surface area contributed by atoms with Gasteiger partial charge < -0.3 is 19.5 Å². The number of amides is 2. The Bertz CT molecular complexity index is 1180. The number of esters is 1. The summed E-state index contributed by atoms with van der Waals surface area (Å²) in [7, 11) is 1.55. The SMILES string of the molecule is COc1cc(C2NC(=O)N=C(C)C2C(=O)OCc2ccccc2)ccc1OCc1ccccc1. The first-order valence-corrected chi connectivity index (χ1v) is 11.0. The Morgan fingerprint density at radius 1 is 0.912 bits per heavy atom. The molecule has 7 heteroatoms. The molecule has 3 aromatic rings. The Hall–Kier alpha value is -4.13. The fourth-order valence-electron chi connectivity index (χ4n) is 3.85. The van der Waals surface area contributed by atoms with Crippen molar-refractivity contribution < 1.29 is 23.8 Å². The number of benzene rings is 3. The van der Waals surface area contributed by atoms with E-state index in [-0.39, 0.29) is 6.61 Å². The van der Waals surface area contributed by atoms with Crippen LogP contribution in [0.25, 0.3) is 0 Å². The van der Waals surface area contributed by atoms with E-state index >= 15 is 0 Å². The molecule has 34 heavy (non-hydrogen) atoms. The summed E-state index contributed by atoms with van der Waals surface area (Å²) in [6.45, 7) is 2.19. The fourth-order valence-corrected chi connectivity index (χ4v) is 3.85. The molecule has 7 nitrogen and oxygen atoms in total. The Morgan fingerprint density at radius 2 is 1.56 bits per heavy atom. The van der Waals surface area contributed by atoms with Gasteiger partial charge in [0, 0.05) is 5.71 Å². The highest BCUT2D eigenvalue weighted by molar-refractivity contribution is 6.08. The lowest BCUT2D eigenvalue weighted by atomic mass is 9.88. The van der Waals surface area contributed by atoms with Gasteiger partial charge >= 0.3 is 12.0 Å². The number of hydrogen-bond acceptors (Lipinski definition) is 5. The molecule has 174 valence electrons. The van der Waals surface area contributed by atoms with E-state index in [4.69, 9.17) is 14.2 Å². The smallest absolute Gasteiger partial charge is 0.341 e. The van der Waals surface area contributed by atoms with Gasteiger partial charge in [0.05, 0.1) is 13.2 Å². The average Bonchev–Trinajstić information content (AvgIpc) is 2.86. The van der Waals surface area contributed by atoms with Crippen LogP contribution in [-0.2, 0) is 22.7 Å². The molecule has 0 saturated heterocycles. The summed E-state index contributed by atoms with van der Waals surface area (Å²) in [5, 5.41) is 2.80. The zero-order valence-corrected chi connectivity index (χ0v) is 19.1. The van der Waals surface area contributed by atoms with E-state index in [1.807, 2.05) is 66.7 Å². The molecule has 0 saturated carbocycles. The van der Waals surface area contributed by atoms with Crippen molar-refractivity contribution in [2.45, 2.75) is 26.2 Å². The molecule has 0 aliphatic carbocycles. The molecule has 2 amide bonds. The van der Waals surface area contributed by atoms with Crippen LogP contribution in [0.3, 0.4) is 0 Å². The number of carbonyl (C=O) groups excluding carboxylic acids is 2. The predicted octanol–water partition coefficient (Wildman–Crippen LogP) is 4.86. The van der Waals surface area contributed by atoms with E-state index in [1.165, 1.54) is 0 Å². The maximum atomic E-state index is 13.0. The monoisotopic (exact) mass is 458 g/mol. The minimum Gasteiger partial charge on any atom is -0.493 e. The van der Waals surface area contributed by atoms with Gasteiger partial charge in [0.1, 0.15) is 19.1 Å². The molecular formula is C27H26N2O5. The third kappa shape index (κ3) is 5.43. The number of rotatable bonds is 8. The van der Waals surface area contributed by atoms with Crippen LogP contribution in [-0.4, -0.2) is 24.8 Å². The molecule has 1 aliphatic rings. The van der Waals surface area contributed by atoms with Crippen molar-refractivity contribution in [2.75, 3.05) is 7.11 Å².